The highest BCUT2D eigenvalue weighted by Crippen LogP contribution is 2.32. The van der Waals surface area contributed by atoms with Gasteiger partial charge in [-0.1, -0.05) is 6.07 Å². The van der Waals surface area contributed by atoms with Crippen LogP contribution in [0.2, 0.25) is 0 Å². The van der Waals surface area contributed by atoms with Crippen molar-refractivity contribution < 1.29 is 14.3 Å². The van der Waals surface area contributed by atoms with E-state index in [0.717, 1.165) is 18.7 Å². The van der Waals surface area contributed by atoms with E-state index in [1.54, 1.807) is 29.3 Å². The highest BCUT2D eigenvalue weighted by Gasteiger charge is 2.41. The van der Waals surface area contributed by atoms with E-state index in [1.807, 2.05) is 31.7 Å². The zero-order chi connectivity index (χ0) is 20.5. The van der Waals surface area contributed by atoms with Gasteiger partial charge in [0.15, 0.2) is 0 Å². The first-order valence-corrected chi connectivity index (χ1v) is 10.1. The summed E-state index contributed by atoms with van der Waals surface area (Å²) in [6, 6.07) is 5.05. The largest absolute Gasteiger partial charge is 0.475 e. The van der Waals surface area contributed by atoms with Gasteiger partial charge in [0.25, 0.3) is 5.91 Å². The monoisotopic (exact) mass is 397 g/mol. The number of aryl methyl sites for hydroxylation is 1. The fraction of sp³-hybridized carbons (Fsp3) is 0.524. The molecule has 2 amide bonds. The molecule has 0 spiro atoms. The van der Waals surface area contributed by atoms with Crippen LogP contribution in [0, 0.1) is 5.92 Å². The predicted octanol–water partition coefficient (Wildman–Crippen LogP) is 1.74. The van der Waals surface area contributed by atoms with Crippen LogP contribution < -0.4 is 10.1 Å². The molecule has 8 nitrogen and oxygen atoms in total. The Balaban J connectivity index is 1.54. The van der Waals surface area contributed by atoms with Crippen molar-refractivity contribution in [2.24, 2.45) is 13.0 Å². The van der Waals surface area contributed by atoms with Crippen LogP contribution >= 0.6 is 0 Å². The van der Waals surface area contributed by atoms with Crippen LogP contribution in [0.15, 0.2) is 30.6 Å². The van der Waals surface area contributed by atoms with E-state index in [-0.39, 0.29) is 35.8 Å². The lowest BCUT2D eigenvalue weighted by atomic mass is 10.0. The second kappa shape index (κ2) is 7.85. The number of carbonyl (C=O) groups is 2. The van der Waals surface area contributed by atoms with E-state index in [1.165, 1.54) is 0 Å². The third-order valence-corrected chi connectivity index (χ3v) is 5.37. The summed E-state index contributed by atoms with van der Waals surface area (Å²) in [5.41, 5.74) is 0.343. The summed E-state index contributed by atoms with van der Waals surface area (Å²) in [6.45, 7) is 4.75. The Bertz CT molecular complexity index is 905. The standard InChI is InChI=1S/C21H27N5O3/c1-13(2)29-18-6-4-5-16(23-18)21(28)26-11-15(19-22-9-10-25(19)3)17(12-26)24-20(27)14-7-8-14/h4-6,9-10,13-15,17H,7-8,11-12H2,1-3H3,(H,24,27)/t15-,17-/m1/s1. The maximum Gasteiger partial charge on any atom is 0.272 e. The third kappa shape index (κ3) is 4.26. The van der Waals surface area contributed by atoms with Crippen molar-refractivity contribution in [2.75, 3.05) is 13.1 Å². The number of hydrogen-bond donors (Lipinski definition) is 1. The van der Waals surface area contributed by atoms with Crippen LogP contribution in [0.5, 0.6) is 5.88 Å². The number of likely N-dealkylation sites (tertiary alicyclic amines) is 1. The van der Waals surface area contributed by atoms with Crippen molar-refractivity contribution in [1.29, 1.82) is 0 Å². The summed E-state index contributed by atoms with van der Waals surface area (Å²) in [7, 11) is 1.93. The quantitative estimate of drug-likeness (QED) is 0.802. The lowest BCUT2D eigenvalue weighted by molar-refractivity contribution is -0.123. The van der Waals surface area contributed by atoms with E-state index in [2.05, 4.69) is 15.3 Å². The van der Waals surface area contributed by atoms with Crippen molar-refractivity contribution >= 4 is 11.8 Å². The van der Waals surface area contributed by atoms with E-state index in [4.69, 9.17) is 4.74 Å². The molecule has 0 radical (unpaired) electrons. The lowest BCUT2D eigenvalue weighted by Crippen LogP contribution is -2.41. The lowest BCUT2D eigenvalue weighted by Gasteiger charge is -2.19. The van der Waals surface area contributed by atoms with E-state index >= 15 is 0 Å². The molecule has 0 aromatic carbocycles. The molecule has 4 rings (SSSR count). The number of hydrogen-bond acceptors (Lipinski definition) is 5. The molecular formula is C21H27N5O3. The molecule has 0 bridgehead atoms. The van der Waals surface area contributed by atoms with Crippen LogP contribution in [-0.2, 0) is 11.8 Å². The molecule has 2 aromatic rings. The Labute approximate surface area is 170 Å². The zero-order valence-corrected chi connectivity index (χ0v) is 17.0. The van der Waals surface area contributed by atoms with Gasteiger partial charge in [-0.3, -0.25) is 9.59 Å². The summed E-state index contributed by atoms with van der Waals surface area (Å²) in [5, 5.41) is 3.15. The summed E-state index contributed by atoms with van der Waals surface area (Å²) in [4.78, 5) is 36.1. The summed E-state index contributed by atoms with van der Waals surface area (Å²) in [6.07, 6.45) is 5.50. The minimum absolute atomic E-state index is 0.0190. The molecule has 1 saturated heterocycles. The van der Waals surface area contributed by atoms with Gasteiger partial charge < -0.3 is 19.5 Å². The molecule has 1 aliphatic heterocycles. The van der Waals surface area contributed by atoms with Crippen LogP contribution in [0.4, 0.5) is 0 Å². The maximum absolute atomic E-state index is 13.1. The summed E-state index contributed by atoms with van der Waals surface area (Å²) < 4.78 is 7.57. The van der Waals surface area contributed by atoms with Crippen LogP contribution in [0.1, 0.15) is 48.9 Å². The second-order valence-electron chi connectivity index (χ2n) is 8.13. The average molecular weight is 397 g/mol. The highest BCUT2D eigenvalue weighted by atomic mass is 16.5. The van der Waals surface area contributed by atoms with Gasteiger partial charge in [0.2, 0.25) is 11.8 Å². The Morgan fingerprint density at radius 1 is 1.24 bits per heavy atom. The normalized spacial score (nSPS) is 21.4. The number of nitrogens with one attached hydrogen (secondary N) is 1. The third-order valence-electron chi connectivity index (χ3n) is 5.37. The molecule has 2 atom stereocenters. The summed E-state index contributed by atoms with van der Waals surface area (Å²) in [5.74, 6) is 1.27. The van der Waals surface area contributed by atoms with Crippen LogP contribution in [0.25, 0.3) is 0 Å². The Morgan fingerprint density at radius 2 is 2.03 bits per heavy atom. The molecule has 154 valence electrons. The minimum Gasteiger partial charge on any atom is -0.475 e. The van der Waals surface area contributed by atoms with E-state index in [9.17, 15) is 9.59 Å². The Morgan fingerprint density at radius 3 is 2.69 bits per heavy atom. The van der Waals surface area contributed by atoms with Crippen LogP contribution in [0.3, 0.4) is 0 Å². The molecule has 1 saturated carbocycles. The molecule has 1 N–H and O–H groups in total. The molecular weight excluding hydrogens is 370 g/mol. The van der Waals surface area contributed by atoms with Gasteiger partial charge in [-0.05, 0) is 32.8 Å². The fourth-order valence-corrected chi connectivity index (χ4v) is 3.76. The van der Waals surface area contributed by atoms with E-state index < -0.39 is 0 Å². The molecule has 0 unspecified atom stereocenters. The zero-order valence-electron chi connectivity index (χ0n) is 17.0. The first-order valence-electron chi connectivity index (χ1n) is 10.1. The van der Waals surface area contributed by atoms with Crippen molar-refractivity contribution in [2.45, 2.75) is 44.8 Å². The number of nitrogens with zero attached hydrogens (tertiary/aromatic N) is 4. The van der Waals surface area contributed by atoms with Gasteiger partial charge in [0, 0.05) is 44.5 Å². The molecule has 3 heterocycles. The van der Waals surface area contributed by atoms with Crippen molar-refractivity contribution in [3.8, 4) is 5.88 Å². The van der Waals surface area contributed by atoms with Crippen molar-refractivity contribution in [3.05, 3.63) is 42.1 Å². The molecule has 8 heteroatoms. The number of pyridine rings is 1. The molecule has 2 fully saturated rings. The summed E-state index contributed by atoms with van der Waals surface area (Å²) >= 11 is 0. The number of rotatable bonds is 6. The number of amides is 2. The number of imidazole rings is 1. The molecule has 2 aromatic heterocycles. The molecule has 29 heavy (non-hydrogen) atoms. The number of carbonyl (C=O) groups excluding carboxylic acids is 2. The SMILES string of the molecule is CC(C)Oc1cccc(C(=O)N2C[C@@H](NC(=O)C3CC3)[C@H](c3nccn3C)C2)n1. The van der Waals surface area contributed by atoms with Gasteiger partial charge in [0.05, 0.1) is 18.1 Å². The first-order chi connectivity index (χ1) is 13.9. The topological polar surface area (TPSA) is 89.4 Å². The van der Waals surface area contributed by atoms with Gasteiger partial charge in [-0.2, -0.15) is 0 Å². The number of ether oxygens (including phenoxy) is 1. The average Bonchev–Trinajstić information content (AvgIpc) is 3.34. The van der Waals surface area contributed by atoms with Crippen LogP contribution in [-0.4, -0.2) is 56.5 Å². The fourth-order valence-electron chi connectivity index (χ4n) is 3.76. The molecule has 1 aliphatic carbocycles. The van der Waals surface area contributed by atoms with Gasteiger partial charge in [0.1, 0.15) is 11.5 Å². The van der Waals surface area contributed by atoms with E-state index in [0.29, 0.717) is 24.7 Å². The van der Waals surface area contributed by atoms with Crippen molar-refractivity contribution in [3.63, 3.8) is 0 Å². The second-order valence-corrected chi connectivity index (χ2v) is 8.13. The Kier molecular flexibility index (Phi) is 5.25. The number of aromatic nitrogens is 3. The van der Waals surface area contributed by atoms with Gasteiger partial charge >= 0.3 is 0 Å². The Hall–Kier alpha value is -2.90. The highest BCUT2D eigenvalue weighted by molar-refractivity contribution is 5.93. The van der Waals surface area contributed by atoms with Gasteiger partial charge in [-0.15, -0.1) is 0 Å². The predicted molar refractivity (Wildman–Crippen MR) is 107 cm³/mol. The van der Waals surface area contributed by atoms with Crippen molar-refractivity contribution in [1.82, 2.24) is 24.8 Å². The first kappa shape index (κ1) is 19.4. The smallest absolute Gasteiger partial charge is 0.272 e. The van der Waals surface area contributed by atoms with Gasteiger partial charge in [-0.25, -0.2) is 9.97 Å². The maximum atomic E-state index is 13.1. The minimum atomic E-state index is -0.165. The molecule has 2 aliphatic rings.